The number of hydrogen-bond donors (Lipinski definition) is 2. The van der Waals surface area contributed by atoms with Crippen LogP contribution in [-0.2, 0) is 4.79 Å². The molecule has 0 saturated heterocycles. The van der Waals surface area contributed by atoms with Crippen LogP contribution in [0.25, 0.3) is 6.08 Å². The highest BCUT2D eigenvalue weighted by molar-refractivity contribution is 5.66. The number of carbonyl (C=O) groups is 1. The zero-order valence-corrected chi connectivity index (χ0v) is 14.9. The first-order chi connectivity index (χ1) is 12.0. The second kappa shape index (κ2) is 7.83. The average Bonchev–Trinajstić information content (AvgIpc) is 2.60. The zero-order chi connectivity index (χ0) is 17.7. The Balaban J connectivity index is 1.60. The lowest BCUT2D eigenvalue weighted by Crippen LogP contribution is -2.41. The standard InChI is InChI=1S/C22H27NO2/c1-22-13-11-18(8-7-17-5-3-2-4-6-17)15-19(22)9-10-20(16-22)23-14-12-21(24)25/h2-8,11,15,20,23H,9-10,12-14,16H2,1H3,(H,24,25)/b8-7+. The van der Waals surface area contributed by atoms with E-state index < -0.39 is 5.97 Å². The van der Waals surface area contributed by atoms with Crippen LogP contribution in [0.2, 0.25) is 0 Å². The topological polar surface area (TPSA) is 49.3 Å². The molecule has 0 aromatic heterocycles. The fourth-order valence-corrected chi connectivity index (χ4v) is 3.90. The molecule has 3 heteroatoms. The van der Waals surface area contributed by atoms with Crippen LogP contribution in [0.1, 0.15) is 44.6 Å². The number of benzene rings is 1. The second-order valence-corrected chi connectivity index (χ2v) is 7.42. The molecule has 0 radical (unpaired) electrons. The minimum Gasteiger partial charge on any atom is -0.481 e. The Kier molecular flexibility index (Phi) is 5.54. The number of carboxylic acid groups (broad SMARTS) is 1. The van der Waals surface area contributed by atoms with E-state index >= 15 is 0 Å². The maximum Gasteiger partial charge on any atom is 0.304 e. The maximum atomic E-state index is 10.7. The minimum atomic E-state index is -0.731. The van der Waals surface area contributed by atoms with E-state index in [0.29, 0.717) is 12.6 Å². The van der Waals surface area contributed by atoms with Crippen LogP contribution in [0.3, 0.4) is 0 Å². The van der Waals surface area contributed by atoms with Crippen molar-refractivity contribution in [2.75, 3.05) is 6.54 Å². The quantitative estimate of drug-likeness (QED) is 0.799. The number of aliphatic carboxylic acids is 1. The van der Waals surface area contributed by atoms with E-state index in [1.807, 2.05) is 6.07 Å². The van der Waals surface area contributed by atoms with Gasteiger partial charge in [0.1, 0.15) is 0 Å². The summed E-state index contributed by atoms with van der Waals surface area (Å²) >= 11 is 0. The first-order valence-electron chi connectivity index (χ1n) is 9.15. The lowest BCUT2D eigenvalue weighted by Gasteiger charge is -2.42. The molecule has 2 atom stereocenters. The van der Waals surface area contributed by atoms with Crippen molar-refractivity contribution in [1.29, 1.82) is 0 Å². The lowest BCUT2D eigenvalue weighted by molar-refractivity contribution is -0.136. The van der Waals surface area contributed by atoms with Crippen molar-refractivity contribution in [3.8, 4) is 0 Å². The number of carboxylic acids is 1. The molecule has 132 valence electrons. The van der Waals surface area contributed by atoms with E-state index in [2.05, 4.69) is 60.8 Å². The van der Waals surface area contributed by atoms with Gasteiger partial charge in [-0.15, -0.1) is 0 Å². The van der Waals surface area contributed by atoms with Gasteiger partial charge in [-0.3, -0.25) is 4.79 Å². The molecule has 1 fully saturated rings. The van der Waals surface area contributed by atoms with Crippen molar-refractivity contribution in [2.24, 2.45) is 5.41 Å². The van der Waals surface area contributed by atoms with Crippen molar-refractivity contribution in [3.63, 3.8) is 0 Å². The van der Waals surface area contributed by atoms with Gasteiger partial charge in [-0.1, -0.05) is 67.1 Å². The van der Waals surface area contributed by atoms with Gasteiger partial charge < -0.3 is 10.4 Å². The highest BCUT2D eigenvalue weighted by Gasteiger charge is 2.36. The molecule has 25 heavy (non-hydrogen) atoms. The van der Waals surface area contributed by atoms with Crippen LogP contribution >= 0.6 is 0 Å². The Labute approximate surface area is 150 Å². The van der Waals surface area contributed by atoms with Crippen LogP contribution in [0.4, 0.5) is 0 Å². The molecular formula is C22H27NO2. The Morgan fingerprint density at radius 2 is 2.12 bits per heavy atom. The molecule has 2 aliphatic rings. The van der Waals surface area contributed by atoms with Crippen LogP contribution in [0, 0.1) is 5.41 Å². The summed E-state index contributed by atoms with van der Waals surface area (Å²) in [7, 11) is 0. The maximum absolute atomic E-state index is 10.7. The highest BCUT2D eigenvalue weighted by atomic mass is 16.4. The van der Waals surface area contributed by atoms with Gasteiger partial charge >= 0.3 is 5.97 Å². The molecule has 2 unspecified atom stereocenters. The Morgan fingerprint density at radius 3 is 2.88 bits per heavy atom. The number of fused-ring (bicyclic) bond motifs is 1. The van der Waals surface area contributed by atoms with Crippen LogP contribution in [0.5, 0.6) is 0 Å². The largest absolute Gasteiger partial charge is 0.481 e. The Hall–Kier alpha value is -2.13. The van der Waals surface area contributed by atoms with Gasteiger partial charge in [0.05, 0.1) is 6.42 Å². The van der Waals surface area contributed by atoms with Gasteiger partial charge in [-0.2, -0.15) is 0 Å². The van der Waals surface area contributed by atoms with E-state index in [1.165, 1.54) is 11.1 Å². The summed E-state index contributed by atoms with van der Waals surface area (Å²) < 4.78 is 0. The van der Waals surface area contributed by atoms with Crippen LogP contribution < -0.4 is 5.32 Å². The average molecular weight is 337 g/mol. The summed E-state index contributed by atoms with van der Waals surface area (Å²) in [5.74, 6) is -0.731. The van der Waals surface area contributed by atoms with Crippen LogP contribution in [0.15, 0.2) is 59.7 Å². The molecule has 2 N–H and O–H groups in total. The summed E-state index contributed by atoms with van der Waals surface area (Å²) in [5, 5.41) is 12.2. The first-order valence-corrected chi connectivity index (χ1v) is 9.15. The molecule has 1 aromatic carbocycles. The molecular weight excluding hydrogens is 310 g/mol. The van der Waals surface area contributed by atoms with Gasteiger partial charge in [0.25, 0.3) is 0 Å². The van der Waals surface area contributed by atoms with Crippen molar-refractivity contribution in [3.05, 3.63) is 65.3 Å². The number of hydrogen-bond acceptors (Lipinski definition) is 2. The molecule has 1 aromatic rings. The molecule has 0 heterocycles. The van der Waals surface area contributed by atoms with Crippen molar-refractivity contribution >= 4 is 12.0 Å². The highest BCUT2D eigenvalue weighted by Crippen LogP contribution is 2.46. The minimum absolute atomic E-state index is 0.199. The van der Waals surface area contributed by atoms with Crippen molar-refractivity contribution in [1.82, 2.24) is 5.32 Å². The van der Waals surface area contributed by atoms with Gasteiger partial charge in [-0.05, 0) is 42.2 Å². The van der Waals surface area contributed by atoms with Gasteiger partial charge in [0.15, 0.2) is 0 Å². The molecule has 0 spiro atoms. The third kappa shape index (κ3) is 4.70. The Bertz CT molecular complexity index is 702. The summed E-state index contributed by atoms with van der Waals surface area (Å²) in [6.07, 6.45) is 13.6. The molecule has 2 aliphatic carbocycles. The zero-order valence-electron chi connectivity index (χ0n) is 14.9. The van der Waals surface area contributed by atoms with E-state index in [-0.39, 0.29) is 11.8 Å². The molecule has 3 nitrogen and oxygen atoms in total. The number of allylic oxidation sites excluding steroid dienone is 5. The summed E-state index contributed by atoms with van der Waals surface area (Å²) in [6, 6.07) is 10.8. The third-order valence-corrected chi connectivity index (χ3v) is 5.40. The fraction of sp³-hybridized carbons (Fsp3) is 0.409. The van der Waals surface area contributed by atoms with Gasteiger partial charge in [0, 0.05) is 12.6 Å². The molecule has 0 amide bonds. The SMILES string of the molecule is CC12CC=C(/C=C/c3ccccc3)C=C1CCC(NCCC(=O)O)C2. The monoisotopic (exact) mass is 337 g/mol. The van der Waals surface area contributed by atoms with E-state index in [4.69, 9.17) is 5.11 Å². The fourth-order valence-electron chi connectivity index (χ4n) is 3.90. The third-order valence-electron chi connectivity index (χ3n) is 5.40. The summed E-state index contributed by atoms with van der Waals surface area (Å²) in [5.41, 5.74) is 4.28. The van der Waals surface area contributed by atoms with Gasteiger partial charge in [0.2, 0.25) is 0 Å². The van der Waals surface area contributed by atoms with E-state index in [0.717, 1.165) is 25.7 Å². The predicted octanol–water partition coefficient (Wildman–Crippen LogP) is 4.58. The molecule has 1 saturated carbocycles. The Morgan fingerprint density at radius 1 is 1.32 bits per heavy atom. The van der Waals surface area contributed by atoms with E-state index in [1.54, 1.807) is 5.57 Å². The molecule has 0 aliphatic heterocycles. The second-order valence-electron chi connectivity index (χ2n) is 7.42. The van der Waals surface area contributed by atoms with E-state index in [9.17, 15) is 4.79 Å². The summed E-state index contributed by atoms with van der Waals surface area (Å²) in [6.45, 7) is 2.91. The number of rotatable bonds is 6. The molecule has 3 rings (SSSR count). The van der Waals surface area contributed by atoms with Gasteiger partial charge in [-0.25, -0.2) is 0 Å². The van der Waals surface area contributed by atoms with Crippen molar-refractivity contribution < 1.29 is 9.90 Å². The first kappa shape index (κ1) is 17.7. The predicted molar refractivity (Wildman–Crippen MR) is 102 cm³/mol. The van der Waals surface area contributed by atoms with Crippen molar-refractivity contribution in [2.45, 2.75) is 45.1 Å². The molecule has 0 bridgehead atoms. The lowest BCUT2D eigenvalue weighted by atomic mass is 9.65. The van der Waals surface area contributed by atoms with Crippen LogP contribution in [-0.4, -0.2) is 23.7 Å². The normalized spacial score (nSPS) is 26.0. The smallest absolute Gasteiger partial charge is 0.304 e. The summed E-state index contributed by atoms with van der Waals surface area (Å²) in [4.78, 5) is 10.7. The number of nitrogens with one attached hydrogen (secondary N) is 1.